The van der Waals surface area contributed by atoms with E-state index in [2.05, 4.69) is 36.1 Å². The van der Waals surface area contributed by atoms with Crippen molar-refractivity contribution in [2.24, 2.45) is 0 Å². The zero-order chi connectivity index (χ0) is 25.1. The van der Waals surface area contributed by atoms with Crippen LogP contribution in [0.2, 0.25) is 0 Å². The summed E-state index contributed by atoms with van der Waals surface area (Å²) in [6.07, 6.45) is 7.69. The Morgan fingerprint density at radius 3 is 2.67 bits per heavy atom. The van der Waals surface area contributed by atoms with Gasteiger partial charge in [0.05, 0.1) is 17.8 Å². The number of nitrogens with one attached hydrogen (secondary N) is 2. The van der Waals surface area contributed by atoms with Gasteiger partial charge in [0.25, 0.3) is 0 Å². The quantitative estimate of drug-likeness (QED) is 0.355. The van der Waals surface area contributed by atoms with Crippen molar-refractivity contribution in [3.05, 3.63) is 108 Å². The van der Waals surface area contributed by atoms with Gasteiger partial charge in [-0.25, -0.2) is 0 Å². The summed E-state index contributed by atoms with van der Waals surface area (Å²) in [6.45, 7) is 4.48. The summed E-state index contributed by atoms with van der Waals surface area (Å²) in [5.41, 5.74) is 5.95. The van der Waals surface area contributed by atoms with Crippen LogP contribution in [-0.4, -0.2) is 37.0 Å². The highest BCUT2D eigenvalue weighted by molar-refractivity contribution is 7.80. The predicted molar refractivity (Wildman–Crippen MR) is 145 cm³/mol. The van der Waals surface area contributed by atoms with E-state index in [1.165, 1.54) is 0 Å². The molecule has 1 fully saturated rings. The van der Waals surface area contributed by atoms with Crippen molar-refractivity contribution in [2.45, 2.75) is 32.4 Å². The van der Waals surface area contributed by atoms with Gasteiger partial charge in [-0.1, -0.05) is 18.2 Å². The van der Waals surface area contributed by atoms with Crippen LogP contribution in [0.3, 0.4) is 0 Å². The molecule has 0 aliphatic carbocycles. The minimum atomic E-state index is -0.156. The number of rotatable bonds is 7. The van der Waals surface area contributed by atoms with E-state index in [-0.39, 0.29) is 18.0 Å². The first-order valence-corrected chi connectivity index (χ1v) is 12.3. The maximum atomic E-state index is 12.9. The van der Waals surface area contributed by atoms with Crippen LogP contribution in [0, 0.1) is 13.8 Å². The Labute approximate surface area is 216 Å². The number of anilines is 1. The van der Waals surface area contributed by atoms with Gasteiger partial charge >= 0.3 is 0 Å². The second-order valence-electron chi connectivity index (χ2n) is 8.95. The number of carbonyl (C=O) groups excluding carboxylic acids is 1. The fourth-order valence-electron chi connectivity index (χ4n) is 4.65. The summed E-state index contributed by atoms with van der Waals surface area (Å²) in [5.74, 6) is -0.0453. The molecular formula is C28H28N6OS. The lowest BCUT2D eigenvalue weighted by Gasteiger charge is -2.28. The van der Waals surface area contributed by atoms with E-state index in [4.69, 9.17) is 12.2 Å². The van der Waals surface area contributed by atoms with Crippen LogP contribution in [0.25, 0.3) is 5.69 Å². The molecule has 0 unspecified atom stereocenters. The van der Waals surface area contributed by atoms with Crippen LogP contribution >= 0.6 is 12.2 Å². The minimum Gasteiger partial charge on any atom is -0.352 e. The molecule has 0 bridgehead atoms. The molecule has 4 heterocycles. The largest absolute Gasteiger partial charge is 0.352 e. The molecule has 3 aromatic heterocycles. The molecule has 0 spiro atoms. The van der Waals surface area contributed by atoms with E-state index < -0.39 is 0 Å². The Hall–Kier alpha value is -4.04. The van der Waals surface area contributed by atoms with Gasteiger partial charge in [0, 0.05) is 54.8 Å². The lowest BCUT2D eigenvalue weighted by atomic mass is 10.0. The first kappa shape index (κ1) is 23.7. The van der Waals surface area contributed by atoms with Gasteiger partial charge in [-0.05, 0) is 79.7 Å². The lowest BCUT2D eigenvalue weighted by molar-refractivity contribution is -0.116. The molecule has 1 aliphatic rings. The zero-order valence-electron chi connectivity index (χ0n) is 20.3. The van der Waals surface area contributed by atoms with Gasteiger partial charge in [-0.15, -0.1) is 0 Å². The molecule has 1 aliphatic heterocycles. The highest BCUT2D eigenvalue weighted by Crippen LogP contribution is 2.39. The summed E-state index contributed by atoms with van der Waals surface area (Å²) in [4.78, 5) is 23.8. The van der Waals surface area contributed by atoms with Gasteiger partial charge in [0.2, 0.25) is 5.91 Å². The number of carbonyl (C=O) groups is 1. The Morgan fingerprint density at radius 1 is 1.06 bits per heavy atom. The standard InChI is InChI=1S/C28H28N6OS/c1-19-8-9-20(2)23(18-19)31-25(35)12-17-34-27(26(32-28(34)36)22-6-3-4-13-30-22)24-7-5-16-33(24)21-10-14-29-15-11-21/h3-11,13-16,18,26-27H,12,17H2,1-2H3,(H,31,35)(H,32,36)/t26-,27+/m1/s1. The van der Waals surface area contributed by atoms with Crippen LogP contribution in [-0.2, 0) is 4.79 Å². The highest BCUT2D eigenvalue weighted by atomic mass is 32.1. The van der Waals surface area contributed by atoms with Gasteiger partial charge < -0.3 is 20.1 Å². The maximum Gasteiger partial charge on any atom is 0.226 e. The summed E-state index contributed by atoms with van der Waals surface area (Å²) in [6, 6.07) is 19.7. The van der Waals surface area contributed by atoms with Gasteiger partial charge in [0.15, 0.2) is 5.11 Å². The van der Waals surface area contributed by atoms with E-state index in [1.807, 2.05) is 74.6 Å². The summed E-state index contributed by atoms with van der Waals surface area (Å²) in [5, 5.41) is 7.14. The van der Waals surface area contributed by atoms with Crippen LogP contribution in [0.15, 0.2) is 85.5 Å². The Balaban J connectivity index is 1.43. The number of hydrogen-bond donors (Lipinski definition) is 2. The highest BCUT2D eigenvalue weighted by Gasteiger charge is 2.41. The number of amides is 1. The van der Waals surface area contributed by atoms with E-state index >= 15 is 0 Å². The monoisotopic (exact) mass is 496 g/mol. The van der Waals surface area contributed by atoms with Crippen LogP contribution < -0.4 is 10.6 Å². The molecule has 0 saturated carbocycles. The molecule has 2 atom stereocenters. The van der Waals surface area contributed by atoms with Gasteiger partial charge in [-0.3, -0.25) is 14.8 Å². The smallest absolute Gasteiger partial charge is 0.226 e. The van der Waals surface area contributed by atoms with E-state index in [0.717, 1.165) is 33.9 Å². The molecule has 1 aromatic carbocycles. The third-order valence-corrected chi connectivity index (χ3v) is 6.82. The topological polar surface area (TPSA) is 75.1 Å². The van der Waals surface area contributed by atoms with E-state index in [9.17, 15) is 4.79 Å². The van der Waals surface area contributed by atoms with Gasteiger partial charge in [0.1, 0.15) is 0 Å². The van der Waals surface area contributed by atoms with Crippen molar-refractivity contribution in [3.63, 3.8) is 0 Å². The molecule has 1 amide bonds. The lowest BCUT2D eigenvalue weighted by Crippen LogP contribution is -2.33. The molecule has 0 radical (unpaired) electrons. The molecule has 5 rings (SSSR count). The summed E-state index contributed by atoms with van der Waals surface area (Å²) >= 11 is 5.78. The predicted octanol–water partition coefficient (Wildman–Crippen LogP) is 4.89. The van der Waals surface area contributed by atoms with E-state index in [0.29, 0.717) is 18.1 Å². The molecule has 36 heavy (non-hydrogen) atoms. The molecule has 4 aromatic rings. The first-order chi connectivity index (χ1) is 17.5. The molecule has 182 valence electrons. The minimum absolute atomic E-state index is 0.0453. The fraction of sp³-hybridized carbons (Fsp3) is 0.214. The summed E-state index contributed by atoms with van der Waals surface area (Å²) in [7, 11) is 0. The number of nitrogens with zero attached hydrogens (tertiary/aromatic N) is 4. The van der Waals surface area contributed by atoms with E-state index in [1.54, 1.807) is 18.6 Å². The number of thiocarbonyl (C=S) groups is 1. The second kappa shape index (κ2) is 10.3. The second-order valence-corrected chi connectivity index (χ2v) is 9.33. The molecule has 7 nitrogen and oxygen atoms in total. The van der Waals surface area contributed by atoms with Crippen LogP contribution in [0.4, 0.5) is 5.69 Å². The third kappa shape index (κ3) is 4.85. The number of aryl methyl sites for hydroxylation is 2. The van der Waals surface area contributed by atoms with Crippen molar-refractivity contribution in [2.75, 3.05) is 11.9 Å². The number of aromatic nitrogens is 3. The maximum absolute atomic E-state index is 12.9. The number of pyridine rings is 2. The SMILES string of the molecule is Cc1ccc(C)c(NC(=O)CCN2C(=S)N[C@H](c3ccccn3)[C@@H]2c2cccn2-c2ccncc2)c1. The van der Waals surface area contributed by atoms with Crippen molar-refractivity contribution < 1.29 is 4.79 Å². The average molecular weight is 497 g/mol. The molecule has 2 N–H and O–H groups in total. The van der Waals surface area contributed by atoms with Crippen molar-refractivity contribution >= 4 is 28.9 Å². The Bertz CT molecular complexity index is 1370. The molecule has 1 saturated heterocycles. The number of hydrogen-bond acceptors (Lipinski definition) is 4. The van der Waals surface area contributed by atoms with Gasteiger partial charge in [-0.2, -0.15) is 0 Å². The number of benzene rings is 1. The average Bonchev–Trinajstić information content (AvgIpc) is 3.50. The Kier molecular flexibility index (Phi) is 6.77. The Morgan fingerprint density at radius 2 is 1.89 bits per heavy atom. The summed E-state index contributed by atoms with van der Waals surface area (Å²) < 4.78 is 2.14. The zero-order valence-corrected chi connectivity index (χ0v) is 21.1. The molecular weight excluding hydrogens is 468 g/mol. The molecule has 8 heteroatoms. The van der Waals surface area contributed by atoms with Crippen LogP contribution in [0.5, 0.6) is 0 Å². The van der Waals surface area contributed by atoms with Crippen LogP contribution in [0.1, 0.15) is 41.0 Å². The first-order valence-electron chi connectivity index (χ1n) is 11.9. The van der Waals surface area contributed by atoms with Crippen molar-refractivity contribution in [1.29, 1.82) is 0 Å². The van der Waals surface area contributed by atoms with Crippen molar-refractivity contribution in [1.82, 2.24) is 24.8 Å². The van der Waals surface area contributed by atoms with Crippen molar-refractivity contribution in [3.8, 4) is 5.69 Å². The normalized spacial score (nSPS) is 17.2. The third-order valence-electron chi connectivity index (χ3n) is 6.47. The fourth-order valence-corrected chi connectivity index (χ4v) is 4.98.